The van der Waals surface area contributed by atoms with Crippen molar-refractivity contribution in [2.24, 2.45) is 5.92 Å². The van der Waals surface area contributed by atoms with Crippen molar-refractivity contribution in [1.29, 1.82) is 0 Å². The molecule has 1 amide bonds. The number of benzene rings is 1. The van der Waals surface area contributed by atoms with E-state index in [1.165, 1.54) is 12.8 Å². The first-order valence-electron chi connectivity index (χ1n) is 8.89. The van der Waals surface area contributed by atoms with E-state index in [1.807, 2.05) is 24.3 Å². The van der Waals surface area contributed by atoms with Crippen LogP contribution >= 0.6 is 36.4 Å². The largest absolute Gasteiger partial charge is 0.441 e. The van der Waals surface area contributed by atoms with Gasteiger partial charge in [-0.05, 0) is 62.5 Å². The van der Waals surface area contributed by atoms with Gasteiger partial charge in [-0.15, -0.1) is 24.8 Å². The smallest absolute Gasteiger partial charge is 0.220 e. The van der Waals surface area contributed by atoms with Gasteiger partial charge in [-0.1, -0.05) is 11.6 Å². The number of aromatic nitrogens is 1. The Hall–Kier alpha value is -1.27. The van der Waals surface area contributed by atoms with Crippen molar-refractivity contribution in [1.82, 2.24) is 15.6 Å². The fourth-order valence-corrected chi connectivity index (χ4v) is 3.19. The molecule has 0 saturated carbocycles. The number of carbonyl (C=O) groups is 1. The Bertz CT molecular complexity index is 686. The molecule has 150 valence electrons. The predicted molar refractivity (Wildman–Crippen MR) is 113 cm³/mol. The third kappa shape index (κ3) is 7.70. The van der Waals surface area contributed by atoms with E-state index in [0.29, 0.717) is 35.4 Å². The van der Waals surface area contributed by atoms with E-state index < -0.39 is 0 Å². The number of nitrogens with zero attached hydrogens (tertiary/aromatic N) is 1. The van der Waals surface area contributed by atoms with Gasteiger partial charge >= 0.3 is 0 Å². The molecule has 1 aliphatic rings. The number of halogens is 3. The van der Waals surface area contributed by atoms with Gasteiger partial charge in [-0.25, -0.2) is 4.98 Å². The number of amides is 1. The molecule has 0 radical (unpaired) electrons. The maximum absolute atomic E-state index is 12.0. The minimum absolute atomic E-state index is 0. The minimum Gasteiger partial charge on any atom is -0.441 e. The zero-order valence-electron chi connectivity index (χ0n) is 15.1. The molecule has 1 aliphatic heterocycles. The number of nitrogens with one attached hydrogen (secondary N) is 2. The van der Waals surface area contributed by atoms with Crippen LogP contribution in [-0.2, 0) is 11.2 Å². The van der Waals surface area contributed by atoms with Gasteiger partial charge in [0, 0.05) is 30.0 Å². The first-order chi connectivity index (χ1) is 12.2. The van der Waals surface area contributed by atoms with Gasteiger partial charge < -0.3 is 15.1 Å². The molecule has 5 nitrogen and oxygen atoms in total. The van der Waals surface area contributed by atoms with Gasteiger partial charge in [0.1, 0.15) is 0 Å². The summed E-state index contributed by atoms with van der Waals surface area (Å²) in [6.45, 7) is 2.93. The van der Waals surface area contributed by atoms with Crippen LogP contribution in [0.25, 0.3) is 11.3 Å². The van der Waals surface area contributed by atoms with Crippen LogP contribution in [0.1, 0.15) is 31.6 Å². The van der Waals surface area contributed by atoms with Crippen LogP contribution in [0.15, 0.2) is 34.9 Å². The molecule has 1 aromatic heterocycles. The van der Waals surface area contributed by atoms with Gasteiger partial charge in [0.25, 0.3) is 0 Å². The molecule has 2 heterocycles. The summed E-state index contributed by atoms with van der Waals surface area (Å²) in [6.07, 6.45) is 6.12. The number of piperidine rings is 1. The van der Waals surface area contributed by atoms with Gasteiger partial charge in [0.2, 0.25) is 5.91 Å². The summed E-state index contributed by atoms with van der Waals surface area (Å²) in [5.41, 5.74) is 0.925. The Labute approximate surface area is 177 Å². The average Bonchev–Trinajstić information content (AvgIpc) is 3.10. The maximum atomic E-state index is 12.0. The van der Waals surface area contributed by atoms with Crippen LogP contribution in [0.3, 0.4) is 0 Å². The molecule has 2 aromatic rings. The van der Waals surface area contributed by atoms with Crippen LogP contribution in [0.2, 0.25) is 5.02 Å². The lowest BCUT2D eigenvalue weighted by atomic mass is 9.96. The van der Waals surface area contributed by atoms with Gasteiger partial charge in [0.05, 0.1) is 6.20 Å². The summed E-state index contributed by atoms with van der Waals surface area (Å²) in [6, 6.07) is 7.40. The Morgan fingerprint density at radius 3 is 2.78 bits per heavy atom. The lowest BCUT2D eigenvalue weighted by molar-refractivity contribution is -0.121. The summed E-state index contributed by atoms with van der Waals surface area (Å²) >= 11 is 5.89. The molecule has 27 heavy (non-hydrogen) atoms. The quantitative estimate of drug-likeness (QED) is 0.682. The molecule has 2 N–H and O–H groups in total. The topological polar surface area (TPSA) is 67.2 Å². The molecule has 0 aliphatic carbocycles. The fourth-order valence-electron chi connectivity index (χ4n) is 3.07. The van der Waals surface area contributed by atoms with Crippen LogP contribution < -0.4 is 10.6 Å². The molecule has 3 rings (SSSR count). The first-order valence-corrected chi connectivity index (χ1v) is 9.26. The van der Waals surface area contributed by atoms with E-state index >= 15 is 0 Å². The monoisotopic (exact) mass is 433 g/mol. The maximum Gasteiger partial charge on any atom is 0.220 e. The van der Waals surface area contributed by atoms with Crippen molar-refractivity contribution < 1.29 is 9.21 Å². The van der Waals surface area contributed by atoms with E-state index in [9.17, 15) is 4.79 Å². The zero-order chi connectivity index (χ0) is 17.5. The van der Waals surface area contributed by atoms with Crippen LogP contribution in [0, 0.1) is 5.92 Å². The fraction of sp³-hybridized carbons (Fsp3) is 0.474. The second kappa shape index (κ2) is 12.2. The van der Waals surface area contributed by atoms with Crippen molar-refractivity contribution >= 4 is 42.3 Å². The number of aryl methyl sites for hydroxylation is 1. The predicted octanol–water partition coefficient (Wildman–Crippen LogP) is 4.28. The average molecular weight is 435 g/mol. The standard InChI is InChI=1S/C19H24ClN3O2.2ClH/c20-16-5-3-15(4-6-16)17-13-23-19(25-17)8-7-18(24)22-11-9-14-2-1-10-21-12-14;;/h3-6,13-14,21H,1-2,7-12H2,(H,22,24);2*1H. The zero-order valence-corrected chi connectivity index (χ0v) is 17.5. The molecule has 1 atom stereocenters. The Morgan fingerprint density at radius 2 is 2.07 bits per heavy atom. The molecule has 1 unspecified atom stereocenters. The van der Waals surface area contributed by atoms with E-state index in [-0.39, 0.29) is 30.7 Å². The molecule has 1 fully saturated rings. The number of oxazole rings is 1. The van der Waals surface area contributed by atoms with E-state index in [2.05, 4.69) is 15.6 Å². The summed E-state index contributed by atoms with van der Waals surface area (Å²) in [7, 11) is 0. The van der Waals surface area contributed by atoms with E-state index in [0.717, 1.165) is 31.6 Å². The third-order valence-electron chi connectivity index (χ3n) is 4.52. The second-order valence-electron chi connectivity index (χ2n) is 6.48. The molecule has 1 saturated heterocycles. The van der Waals surface area contributed by atoms with Gasteiger partial charge in [-0.3, -0.25) is 4.79 Å². The highest BCUT2D eigenvalue weighted by atomic mass is 35.5. The number of rotatable bonds is 7. The first kappa shape index (κ1) is 23.8. The lowest BCUT2D eigenvalue weighted by Crippen LogP contribution is -2.33. The van der Waals surface area contributed by atoms with Crippen molar-refractivity contribution in [2.45, 2.75) is 32.1 Å². The SMILES string of the molecule is Cl.Cl.O=C(CCc1ncc(-c2ccc(Cl)cc2)o1)NCCC1CCCNC1. The normalized spacial score (nSPS) is 16.1. The lowest BCUT2D eigenvalue weighted by Gasteiger charge is -2.22. The van der Waals surface area contributed by atoms with E-state index in [4.69, 9.17) is 16.0 Å². The molecular formula is C19H26Cl3N3O2. The van der Waals surface area contributed by atoms with Crippen molar-refractivity contribution in [3.8, 4) is 11.3 Å². The molecular weight excluding hydrogens is 409 g/mol. The van der Waals surface area contributed by atoms with Crippen molar-refractivity contribution in [3.05, 3.63) is 41.4 Å². The van der Waals surface area contributed by atoms with E-state index in [1.54, 1.807) is 6.20 Å². The summed E-state index contributed by atoms with van der Waals surface area (Å²) in [4.78, 5) is 16.2. The van der Waals surface area contributed by atoms with Crippen molar-refractivity contribution in [3.63, 3.8) is 0 Å². The Balaban J connectivity index is 0.00000182. The molecule has 1 aromatic carbocycles. The van der Waals surface area contributed by atoms with Gasteiger partial charge in [-0.2, -0.15) is 0 Å². The number of hydrogen-bond donors (Lipinski definition) is 2. The highest BCUT2D eigenvalue weighted by Crippen LogP contribution is 2.22. The molecule has 8 heteroatoms. The van der Waals surface area contributed by atoms with Crippen LogP contribution in [0.4, 0.5) is 0 Å². The Kier molecular flexibility index (Phi) is 10.8. The van der Waals surface area contributed by atoms with Gasteiger partial charge in [0.15, 0.2) is 11.7 Å². The van der Waals surface area contributed by atoms with Crippen molar-refractivity contribution in [2.75, 3.05) is 19.6 Å². The summed E-state index contributed by atoms with van der Waals surface area (Å²) in [5.74, 6) is 2.01. The summed E-state index contributed by atoms with van der Waals surface area (Å²) < 4.78 is 5.72. The summed E-state index contributed by atoms with van der Waals surface area (Å²) in [5, 5.41) is 7.08. The Morgan fingerprint density at radius 1 is 1.30 bits per heavy atom. The van der Waals surface area contributed by atoms with Crippen LogP contribution in [-0.4, -0.2) is 30.5 Å². The number of carbonyl (C=O) groups excluding carboxylic acids is 1. The second-order valence-corrected chi connectivity index (χ2v) is 6.91. The third-order valence-corrected chi connectivity index (χ3v) is 4.77. The highest BCUT2D eigenvalue weighted by molar-refractivity contribution is 6.30. The molecule has 0 bridgehead atoms. The van der Waals surface area contributed by atoms with Crippen LogP contribution in [0.5, 0.6) is 0 Å². The minimum atomic E-state index is 0. The molecule has 0 spiro atoms. The highest BCUT2D eigenvalue weighted by Gasteiger charge is 2.13. The number of hydrogen-bond acceptors (Lipinski definition) is 4.